The number of hydrogen-bond donors (Lipinski definition) is 1. The van der Waals surface area contributed by atoms with E-state index >= 15 is 0 Å². The van der Waals surface area contributed by atoms with Gasteiger partial charge in [-0.15, -0.1) is 0 Å². The molecule has 0 radical (unpaired) electrons. The molecule has 5 nitrogen and oxygen atoms in total. The fraction of sp³-hybridized carbons (Fsp3) is 0.611. The molecule has 1 saturated carbocycles. The number of aromatic nitrogens is 1. The van der Waals surface area contributed by atoms with Crippen LogP contribution in [-0.4, -0.2) is 40.8 Å². The second-order valence-electron chi connectivity index (χ2n) is 7.26. The number of nitrogens with one attached hydrogen (secondary N) is 1. The van der Waals surface area contributed by atoms with Crippen LogP contribution in [0.25, 0.3) is 0 Å². The number of carbonyl (C=O) groups excluding carboxylic acids is 2. The predicted octanol–water partition coefficient (Wildman–Crippen LogP) is 2.16. The molecule has 124 valence electrons. The van der Waals surface area contributed by atoms with Crippen molar-refractivity contribution >= 4 is 11.8 Å². The van der Waals surface area contributed by atoms with Crippen molar-refractivity contribution in [2.24, 2.45) is 11.3 Å². The van der Waals surface area contributed by atoms with E-state index in [1.807, 2.05) is 37.8 Å². The van der Waals surface area contributed by atoms with Gasteiger partial charge in [-0.3, -0.25) is 14.6 Å². The SMILES string of the molecule is Cc1ccc(C(=O)N2CCC3(CC2)CC3NC(=O)C(C)C)cn1. The lowest BCUT2D eigenvalue weighted by atomic mass is 9.92. The van der Waals surface area contributed by atoms with Crippen LogP contribution >= 0.6 is 0 Å². The molecule has 0 bridgehead atoms. The quantitative estimate of drug-likeness (QED) is 0.930. The van der Waals surface area contributed by atoms with Crippen LogP contribution < -0.4 is 5.32 Å². The van der Waals surface area contributed by atoms with Gasteiger partial charge in [-0.05, 0) is 43.7 Å². The fourth-order valence-electron chi connectivity index (χ4n) is 3.37. The fourth-order valence-corrected chi connectivity index (χ4v) is 3.37. The van der Waals surface area contributed by atoms with Gasteiger partial charge in [0.2, 0.25) is 5.91 Å². The molecular weight excluding hydrogens is 290 g/mol. The molecule has 0 aromatic carbocycles. The molecule has 1 spiro atoms. The van der Waals surface area contributed by atoms with E-state index in [0.29, 0.717) is 11.6 Å². The minimum Gasteiger partial charge on any atom is -0.353 e. The molecule has 5 heteroatoms. The van der Waals surface area contributed by atoms with Gasteiger partial charge in [0.05, 0.1) is 5.56 Å². The Morgan fingerprint density at radius 1 is 1.30 bits per heavy atom. The van der Waals surface area contributed by atoms with Crippen molar-refractivity contribution < 1.29 is 9.59 Å². The number of hydrogen-bond acceptors (Lipinski definition) is 3. The van der Waals surface area contributed by atoms with E-state index in [9.17, 15) is 9.59 Å². The Kier molecular flexibility index (Phi) is 4.13. The average Bonchev–Trinajstić information content (AvgIpc) is 3.19. The summed E-state index contributed by atoms with van der Waals surface area (Å²) >= 11 is 0. The van der Waals surface area contributed by atoms with Crippen molar-refractivity contribution in [1.29, 1.82) is 0 Å². The Labute approximate surface area is 137 Å². The minimum atomic E-state index is 0.0309. The van der Waals surface area contributed by atoms with Crippen LogP contribution in [0.15, 0.2) is 18.3 Å². The van der Waals surface area contributed by atoms with E-state index in [1.54, 1.807) is 6.20 Å². The van der Waals surface area contributed by atoms with Gasteiger partial charge in [0.25, 0.3) is 5.91 Å². The number of nitrogens with zero attached hydrogens (tertiary/aromatic N) is 2. The van der Waals surface area contributed by atoms with Crippen LogP contribution in [0.4, 0.5) is 0 Å². The Bertz CT molecular complexity index is 601. The molecule has 1 aliphatic heterocycles. The smallest absolute Gasteiger partial charge is 0.255 e. The van der Waals surface area contributed by atoms with Crippen molar-refractivity contribution in [3.05, 3.63) is 29.6 Å². The van der Waals surface area contributed by atoms with Crippen molar-refractivity contribution in [3.8, 4) is 0 Å². The summed E-state index contributed by atoms with van der Waals surface area (Å²) in [5.74, 6) is 0.232. The lowest BCUT2D eigenvalue weighted by Gasteiger charge is -2.33. The highest BCUT2D eigenvalue weighted by molar-refractivity contribution is 5.94. The molecule has 23 heavy (non-hydrogen) atoms. The lowest BCUT2D eigenvalue weighted by Crippen LogP contribution is -2.42. The van der Waals surface area contributed by atoms with Crippen molar-refractivity contribution in [2.75, 3.05) is 13.1 Å². The van der Waals surface area contributed by atoms with Crippen molar-refractivity contribution in [1.82, 2.24) is 15.2 Å². The summed E-state index contributed by atoms with van der Waals surface area (Å²) < 4.78 is 0. The topological polar surface area (TPSA) is 62.3 Å². The maximum Gasteiger partial charge on any atom is 0.255 e. The summed E-state index contributed by atoms with van der Waals surface area (Å²) in [6.45, 7) is 7.28. The minimum absolute atomic E-state index is 0.0309. The van der Waals surface area contributed by atoms with Gasteiger partial charge >= 0.3 is 0 Å². The number of rotatable bonds is 3. The molecule has 1 N–H and O–H groups in total. The Morgan fingerprint density at radius 3 is 2.57 bits per heavy atom. The number of likely N-dealkylation sites (tertiary alicyclic amines) is 1. The third-order valence-corrected chi connectivity index (χ3v) is 5.24. The number of amides is 2. The van der Waals surface area contributed by atoms with Crippen molar-refractivity contribution in [2.45, 2.75) is 46.1 Å². The zero-order chi connectivity index (χ0) is 16.6. The third kappa shape index (κ3) is 3.23. The molecule has 1 aliphatic carbocycles. The maximum absolute atomic E-state index is 12.5. The predicted molar refractivity (Wildman–Crippen MR) is 87.9 cm³/mol. The summed E-state index contributed by atoms with van der Waals surface area (Å²) in [7, 11) is 0. The molecule has 1 unspecified atom stereocenters. The molecule has 1 aromatic heterocycles. The van der Waals surface area contributed by atoms with Crippen LogP contribution in [0.5, 0.6) is 0 Å². The number of aryl methyl sites for hydroxylation is 1. The van der Waals surface area contributed by atoms with E-state index < -0.39 is 0 Å². The standard InChI is InChI=1S/C18H25N3O2/c1-12(2)16(22)20-15-10-18(15)6-8-21(9-7-18)17(23)14-5-4-13(3)19-11-14/h4-5,11-12,15H,6-10H2,1-3H3,(H,20,22). The van der Waals surface area contributed by atoms with Gasteiger partial charge in [-0.2, -0.15) is 0 Å². The first-order chi connectivity index (χ1) is 10.9. The van der Waals surface area contributed by atoms with Gasteiger partial charge in [-0.25, -0.2) is 0 Å². The number of pyridine rings is 1. The molecular formula is C18H25N3O2. The molecule has 2 heterocycles. The molecule has 3 rings (SSSR count). The van der Waals surface area contributed by atoms with E-state index in [4.69, 9.17) is 0 Å². The van der Waals surface area contributed by atoms with Crippen LogP contribution in [0.3, 0.4) is 0 Å². The largest absolute Gasteiger partial charge is 0.353 e. The summed E-state index contributed by atoms with van der Waals surface area (Å²) in [6.07, 6.45) is 4.66. The molecule has 1 aromatic rings. The zero-order valence-corrected chi connectivity index (χ0v) is 14.1. The highest BCUT2D eigenvalue weighted by atomic mass is 16.2. The molecule has 2 fully saturated rings. The molecule has 1 saturated heterocycles. The summed E-state index contributed by atoms with van der Waals surface area (Å²) in [5.41, 5.74) is 1.81. The zero-order valence-electron chi connectivity index (χ0n) is 14.1. The Morgan fingerprint density at radius 2 is 2.00 bits per heavy atom. The molecule has 1 atom stereocenters. The van der Waals surface area contributed by atoms with Gasteiger partial charge in [-0.1, -0.05) is 13.8 Å². The highest BCUT2D eigenvalue weighted by Gasteiger charge is 2.55. The molecule has 2 aliphatic rings. The van der Waals surface area contributed by atoms with E-state index in [0.717, 1.165) is 38.0 Å². The average molecular weight is 315 g/mol. The first-order valence-electron chi connectivity index (χ1n) is 8.44. The lowest BCUT2D eigenvalue weighted by molar-refractivity contribution is -0.124. The van der Waals surface area contributed by atoms with E-state index in [-0.39, 0.29) is 23.1 Å². The van der Waals surface area contributed by atoms with Gasteiger partial charge in [0.15, 0.2) is 0 Å². The first-order valence-corrected chi connectivity index (χ1v) is 8.44. The second kappa shape index (κ2) is 5.95. The number of piperidine rings is 1. The van der Waals surface area contributed by atoms with Gasteiger partial charge < -0.3 is 10.2 Å². The van der Waals surface area contributed by atoms with Gasteiger partial charge in [0, 0.05) is 36.9 Å². The Balaban J connectivity index is 1.54. The maximum atomic E-state index is 12.5. The van der Waals surface area contributed by atoms with E-state index in [2.05, 4.69) is 10.3 Å². The van der Waals surface area contributed by atoms with E-state index in [1.165, 1.54) is 0 Å². The summed E-state index contributed by atoms with van der Waals surface area (Å²) in [5, 5.41) is 3.14. The first kappa shape index (κ1) is 16.0. The van der Waals surface area contributed by atoms with Crippen LogP contribution in [0, 0.1) is 18.3 Å². The van der Waals surface area contributed by atoms with Crippen LogP contribution in [-0.2, 0) is 4.79 Å². The third-order valence-electron chi connectivity index (χ3n) is 5.24. The highest BCUT2D eigenvalue weighted by Crippen LogP contribution is 2.54. The summed E-state index contributed by atoms with van der Waals surface area (Å²) in [6, 6.07) is 4.02. The number of carbonyl (C=O) groups is 2. The van der Waals surface area contributed by atoms with Crippen LogP contribution in [0.1, 0.15) is 49.2 Å². The van der Waals surface area contributed by atoms with Crippen molar-refractivity contribution in [3.63, 3.8) is 0 Å². The summed E-state index contributed by atoms with van der Waals surface area (Å²) in [4.78, 5) is 30.4. The monoisotopic (exact) mass is 315 g/mol. The Hall–Kier alpha value is -1.91. The molecule has 2 amide bonds. The second-order valence-corrected chi connectivity index (χ2v) is 7.26. The van der Waals surface area contributed by atoms with Gasteiger partial charge in [0.1, 0.15) is 0 Å². The normalized spacial score (nSPS) is 22.3. The van der Waals surface area contributed by atoms with Crippen LogP contribution in [0.2, 0.25) is 0 Å².